The Labute approximate surface area is 150 Å². The van der Waals surface area contributed by atoms with Gasteiger partial charge in [-0.2, -0.15) is 0 Å². The molecule has 26 heavy (non-hydrogen) atoms. The summed E-state index contributed by atoms with van der Waals surface area (Å²) in [5.74, 6) is -1.07. The van der Waals surface area contributed by atoms with Crippen molar-refractivity contribution in [3.8, 4) is 0 Å². The summed E-state index contributed by atoms with van der Waals surface area (Å²) in [6.07, 6.45) is 1.65. The van der Waals surface area contributed by atoms with Crippen LogP contribution in [0.2, 0.25) is 0 Å². The van der Waals surface area contributed by atoms with Crippen LogP contribution in [0.15, 0.2) is 24.3 Å². The maximum absolute atomic E-state index is 13.7. The molecule has 0 aromatic heterocycles. The summed E-state index contributed by atoms with van der Waals surface area (Å²) in [6, 6.07) is 4.96. The summed E-state index contributed by atoms with van der Waals surface area (Å²) < 4.78 is 19.1. The van der Waals surface area contributed by atoms with E-state index in [-0.39, 0.29) is 24.6 Å². The van der Waals surface area contributed by atoms with Crippen molar-refractivity contribution in [2.45, 2.75) is 37.1 Å². The average Bonchev–Trinajstić information content (AvgIpc) is 2.80. The number of nitrogens with one attached hydrogen (secondary N) is 3. The molecule has 2 aliphatic rings. The van der Waals surface area contributed by atoms with E-state index in [1.54, 1.807) is 6.07 Å². The lowest BCUT2D eigenvalue weighted by Gasteiger charge is -2.38. The predicted molar refractivity (Wildman–Crippen MR) is 90.8 cm³/mol. The van der Waals surface area contributed by atoms with Crippen molar-refractivity contribution in [3.63, 3.8) is 0 Å². The van der Waals surface area contributed by atoms with E-state index in [4.69, 9.17) is 4.74 Å². The van der Waals surface area contributed by atoms with E-state index in [9.17, 15) is 18.8 Å². The molecule has 2 saturated heterocycles. The molecule has 1 atom stereocenters. The van der Waals surface area contributed by atoms with Crippen LogP contribution in [0.1, 0.15) is 31.2 Å². The summed E-state index contributed by atoms with van der Waals surface area (Å²) in [7, 11) is 0. The molecule has 3 rings (SSSR count). The molecule has 0 radical (unpaired) electrons. The number of urea groups is 1. The fourth-order valence-corrected chi connectivity index (χ4v) is 3.46. The van der Waals surface area contributed by atoms with Gasteiger partial charge in [0.25, 0.3) is 0 Å². The van der Waals surface area contributed by atoms with E-state index in [2.05, 4.69) is 16.0 Å². The predicted octanol–water partition coefficient (Wildman–Crippen LogP) is 0.978. The van der Waals surface area contributed by atoms with Crippen LogP contribution >= 0.6 is 0 Å². The lowest BCUT2D eigenvalue weighted by molar-refractivity contribution is -0.123. The van der Waals surface area contributed by atoms with Crippen molar-refractivity contribution >= 4 is 17.8 Å². The molecule has 0 unspecified atom stereocenters. The molecule has 0 spiro atoms. The highest BCUT2D eigenvalue weighted by Crippen LogP contribution is 2.34. The molecule has 1 aromatic carbocycles. The van der Waals surface area contributed by atoms with Crippen molar-refractivity contribution in [2.24, 2.45) is 0 Å². The normalized spacial score (nSPS) is 22.7. The zero-order valence-electron chi connectivity index (χ0n) is 14.3. The topological polar surface area (TPSA) is 96.5 Å². The molecule has 2 fully saturated rings. The SMILES string of the molecule is O=C1CC[C@@H](C(=O)NCC2(c3cccc(F)c3)CCOCC2)NC(=O)N1. The molecule has 1 aromatic rings. The Morgan fingerprint density at radius 1 is 1.31 bits per heavy atom. The number of halogens is 1. The quantitative estimate of drug-likeness (QED) is 0.743. The van der Waals surface area contributed by atoms with E-state index in [1.807, 2.05) is 6.07 Å². The highest BCUT2D eigenvalue weighted by atomic mass is 19.1. The van der Waals surface area contributed by atoms with E-state index in [0.717, 1.165) is 5.56 Å². The standard InChI is InChI=1S/C18H22FN3O4/c19-13-3-1-2-12(10-13)18(6-8-26-9-7-18)11-20-16(24)14-4-5-15(23)22-17(25)21-14/h1-3,10,14H,4-9,11H2,(H,20,24)(H2,21,22,23,25)/t14-/m0/s1. The van der Waals surface area contributed by atoms with Crippen molar-refractivity contribution in [3.05, 3.63) is 35.6 Å². The Kier molecular flexibility index (Phi) is 5.51. The molecule has 0 aliphatic carbocycles. The van der Waals surface area contributed by atoms with Gasteiger partial charge in [-0.05, 0) is 37.0 Å². The fraction of sp³-hybridized carbons (Fsp3) is 0.500. The smallest absolute Gasteiger partial charge is 0.322 e. The molecule has 4 amide bonds. The van der Waals surface area contributed by atoms with Crippen molar-refractivity contribution in [1.82, 2.24) is 16.0 Å². The van der Waals surface area contributed by atoms with Gasteiger partial charge in [-0.25, -0.2) is 9.18 Å². The minimum Gasteiger partial charge on any atom is -0.381 e. The van der Waals surface area contributed by atoms with Crippen LogP contribution in [0, 0.1) is 5.82 Å². The molecular formula is C18H22FN3O4. The Bertz CT molecular complexity index is 703. The van der Waals surface area contributed by atoms with Crippen LogP contribution in [0.3, 0.4) is 0 Å². The van der Waals surface area contributed by atoms with E-state index >= 15 is 0 Å². The van der Waals surface area contributed by atoms with Gasteiger partial charge >= 0.3 is 6.03 Å². The van der Waals surface area contributed by atoms with Crippen LogP contribution < -0.4 is 16.0 Å². The van der Waals surface area contributed by atoms with Crippen molar-refractivity contribution < 1.29 is 23.5 Å². The van der Waals surface area contributed by atoms with Gasteiger partial charge in [-0.1, -0.05) is 12.1 Å². The van der Waals surface area contributed by atoms with Crippen LogP contribution in [-0.4, -0.2) is 43.6 Å². The largest absolute Gasteiger partial charge is 0.381 e. The van der Waals surface area contributed by atoms with Crippen molar-refractivity contribution in [1.29, 1.82) is 0 Å². The Morgan fingerprint density at radius 3 is 2.81 bits per heavy atom. The maximum atomic E-state index is 13.7. The Morgan fingerprint density at radius 2 is 2.08 bits per heavy atom. The average molecular weight is 363 g/mol. The lowest BCUT2D eigenvalue weighted by Crippen LogP contribution is -2.52. The third kappa shape index (κ3) is 4.19. The maximum Gasteiger partial charge on any atom is 0.322 e. The number of carbonyl (C=O) groups excluding carboxylic acids is 3. The van der Waals surface area contributed by atoms with E-state index in [0.29, 0.717) is 32.6 Å². The first-order valence-electron chi connectivity index (χ1n) is 8.70. The van der Waals surface area contributed by atoms with Gasteiger partial charge in [0.2, 0.25) is 11.8 Å². The summed E-state index contributed by atoms with van der Waals surface area (Å²) >= 11 is 0. The van der Waals surface area contributed by atoms with Crippen molar-refractivity contribution in [2.75, 3.05) is 19.8 Å². The first kappa shape index (κ1) is 18.3. The Hall–Kier alpha value is -2.48. The van der Waals surface area contributed by atoms with Gasteiger partial charge in [-0.15, -0.1) is 0 Å². The summed E-state index contributed by atoms with van der Waals surface area (Å²) in [4.78, 5) is 35.5. The number of amides is 4. The second-order valence-corrected chi connectivity index (χ2v) is 6.73. The molecule has 8 heteroatoms. The zero-order valence-corrected chi connectivity index (χ0v) is 14.3. The summed E-state index contributed by atoms with van der Waals surface area (Å²) in [5.41, 5.74) is 0.404. The third-order valence-electron chi connectivity index (χ3n) is 5.02. The van der Waals surface area contributed by atoms with Crippen LogP contribution in [0.4, 0.5) is 9.18 Å². The molecule has 0 saturated carbocycles. The van der Waals surface area contributed by atoms with E-state index < -0.39 is 23.4 Å². The fourth-order valence-electron chi connectivity index (χ4n) is 3.46. The lowest BCUT2D eigenvalue weighted by atomic mass is 9.74. The molecule has 2 aliphatic heterocycles. The van der Waals surface area contributed by atoms with Crippen LogP contribution in [0.25, 0.3) is 0 Å². The van der Waals surface area contributed by atoms with Gasteiger partial charge in [0, 0.05) is 31.6 Å². The molecule has 7 nitrogen and oxygen atoms in total. The monoisotopic (exact) mass is 363 g/mol. The number of rotatable bonds is 4. The minimum absolute atomic E-state index is 0.0969. The summed E-state index contributed by atoms with van der Waals surface area (Å²) in [6.45, 7) is 1.38. The minimum atomic E-state index is -0.772. The number of ether oxygens (including phenoxy) is 1. The second kappa shape index (κ2) is 7.82. The highest BCUT2D eigenvalue weighted by molar-refractivity contribution is 5.98. The van der Waals surface area contributed by atoms with Crippen LogP contribution in [-0.2, 0) is 19.7 Å². The van der Waals surface area contributed by atoms with Gasteiger partial charge < -0.3 is 15.4 Å². The number of hydrogen-bond acceptors (Lipinski definition) is 4. The molecular weight excluding hydrogens is 341 g/mol. The molecule has 140 valence electrons. The molecule has 2 heterocycles. The Balaban J connectivity index is 1.71. The zero-order chi connectivity index (χ0) is 18.6. The third-order valence-corrected chi connectivity index (χ3v) is 5.02. The summed E-state index contributed by atoms with van der Waals surface area (Å²) in [5, 5.41) is 7.51. The second-order valence-electron chi connectivity index (χ2n) is 6.73. The van der Waals surface area contributed by atoms with Gasteiger partial charge in [0.1, 0.15) is 11.9 Å². The number of hydrogen-bond donors (Lipinski definition) is 3. The highest BCUT2D eigenvalue weighted by Gasteiger charge is 2.36. The first-order valence-corrected chi connectivity index (χ1v) is 8.70. The van der Waals surface area contributed by atoms with Gasteiger partial charge in [0.05, 0.1) is 0 Å². The van der Waals surface area contributed by atoms with Crippen LogP contribution in [0.5, 0.6) is 0 Å². The number of imide groups is 1. The molecule has 0 bridgehead atoms. The van der Waals surface area contributed by atoms with Gasteiger partial charge in [-0.3, -0.25) is 14.9 Å². The van der Waals surface area contributed by atoms with E-state index in [1.165, 1.54) is 12.1 Å². The number of benzene rings is 1. The number of carbonyl (C=O) groups is 3. The molecule has 3 N–H and O–H groups in total. The van der Waals surface area contributed by atoms with Gasteiger partial charge in [0.15, 0.2) is 0 Å². The first-order chi connectivity index (χ1) is 12.5.